The topological polar surface area (TPSA) is 49.4 Å². The predicted octanol–water partition coefficient (Wildman–Crippen LogP) is 1.98. The van der Waals surface area contributed by atoms with Crippen LogP contribution in [0.15, 0.2) is 29.2 Å². The molecule has 0 bridgehead atoms. The molecule has 1 aliphatic heterocycles. The van der Waals surface area contributed by atoms with Crippen LogP contribution in [0.5, 0.6) is 0 Å². The molecule has 0 amide bonds. The quantitative estimate of drug-likeness (QED) is 0.817. The molecule has 4 nitrogen and oxygen atoms in total. The summed E-state index contributed by atoms with van der Waals surface area (Å²) in [7, 11) is -3.59. The highest BCUT2D eigenvalue weighted by Crippen LogP contribution is 2.11. The fraction of sp³-hybridized carbons (Fsp3) is 0.571. The molecule has 0 saturated carbocycles. The summed E-state index contributed by atoms with van der Waals surface area (Å²) < 4.78 is 39.4. The van der Waals surface area contributed by atoms with Crippen molar-refractivity contribution in [1.29, 1.82) is 0 Å². The Morgan fingerprint density at radius 3 is 2.65 bits per heavy atom. The SMILES string of the molecule is O=S(=O)(NCCCN1CCCCC1)c1cccc(F)c1. The van der Waals surface area contributed by atoms with Crippen LogP contribution in [0.4, 0.5) is 4.39 Å². The summed E-state index contributed by atoms with van der Waals surface area (Å²) in [6.45, 7) is 3.51. The van der Waals surface area contributed by atoms with E-state index in [0.717, 1.165) is 32.1 Å². The number of hydrogen-bond donors (Lipinski definition) is 1. The Morgan fingerprint density at radius 1 is 1.20 bits per heavy atom. The molecular weight excluding hydrogens is 279 g/mol. The maximum atomic E-state index is 13.0. The van der Waals surface area contributed by atoms with E-state index >= 15 is 0 Å². The summed E-state index contributed by atoms with van der Waals surface area (Å²) >= 11 is 0. The first-order chi connectivity index (χ1) is 9.58. The zero-order chi connectivity index (χ0) is 14.4. The number of halogens is 1. The van der Waals surface area contributed by atoms with Crippen molar-refractivity contribution in [3.63, 3.8) is 0 Å². The molecule has 1 saturated heterocycles. The van der Waals surface area contributed by atoms with Crippen molar-refractivity contribution in [3.05, 3.63) is 30.1 Å². The van der Waals surface area contributed by atoms with Crippen LogP contribution >= 0.6 is 0 Å². The summed E-state index contributed by atoms with van der Waals surface area (Å²) in [5.41, 5.74) is 0. The lowest BCUT2D eigenvalue weighted by Gasteiger charge is -2.26. The van der Waals surface area contributed by atoms with Gasteiger partial charge in [-0.15, -0.1) is 0 Å². The van der Waals surface area contributed by atoms with Gasteiger partial charge in [-0.3, -0.25) is 0 Å². The van der Waals surface area contributed by atoms with Crippen molar-refractivity contribution in [2.24, 2.45) is 0 Å². The van der Waals surface area contributed by atoms with Crippen LogP contribution in [0, 0.1) is 5.82 Å². The van der Waals surface area contributed by atoms with E-state index in [4.69, 9.17) is 0 Å². The molecule has 0 radical (unpaired) electrons. The average Bonchev–Trinajstić information content (AvgIpc) is 2.45. The van der Waals surface area contributed by atoms with Crippen LogP contribution < -0.4 is 4.72 Å². The Kier molecular flexibility index (Phi) is 5.51. The van der Waals surface area contributed by atoms with Crippen molar-refractivity contribution >= 4 is 10.0 Å². The maximum Gasteiger partial charge on any atom is 0.240 e. The second kappa shape index (κ2) is 7.15. The van der Waals surface area contributed by atoms with Crippen molar-refractivity contribution in [1.82, 2.24) is 9.62 Å². The minimum absolute atomic E-state index is 0.0181. The highest BCUT2D eigenvalue weighted by molar-refractivity contribution is 7.89. The molecule has 1 aromatic carbocycles. The van der Waals surface area contributed by atoms with Crippen molar-refractivity contribution in [2.45, 2.75) is 30.6 Å². The number of nitrogens with one attached hydrogen (secondary N) is 1. The van der Waals surface area contributed by atoms with Gasteiger partial charge in [0.25, 0.3) is 0 Å². The zero-order valence-electron chi connectivity index (χ0n) is 11.5. The van der Waals surface area contributed by atoms with Crippen molar-refractivity contribution in [3.8, 4) is 0 Å². The minimum atomic E-state index is -3.59. The molecule has 1 heterocycles. The normalized spacial score (nSPS) is 17.2. The van der Waals surface area contributed by atoms with Crippen molar-refractivity contribution < 1.29 is 12.8 Å². The largest absolute Gasteiger partial charge is 0.303 e. The van der Waals surface area contributed by atoms with Gasteiger partial charge in [-0.2, -0.15) is 0 Å². The number of likely N-dealkylation sites (tertiary alicyclic amines) is 1. The average molecular weight is 300 g/mol. The number of piperidine rings is 1. The van der Waals surface area contributed by atoms with Crippen LogP contribution in [0.25, 0.3) is 0 Å². The van der Waals surface area contributed by atoms with E-state index < -0.39 is 15.8 Å². The molecule has 2 rings (SSSR count). The van der Waals surface area contributed by atoms with E-state index in [1.807, 2.05) is 0 Å². The summed E-state index contributed by atoms with van der Waals surface area (Å²) in [4.78, 5) is 2.34. The van der Waals surface area contributed by atoms with Gasteiger partial charge in [-0.25, -0.2) is 17.5 Å². The molecule has 112 valence electrons. The van der Waals surface area contributed by atoms with Gasteiger partial charge >= 0.3 is 0 Å². The third kappa shape index (κ3) is 4.54. The number of nitrogens with zero attached hydrogens (tertiary/aromatic N) is 1. The first kappa shape index (κ1) is 15.4. The highest BCUT2D eigenvalue weighted by Gasteiger charge is 2.14. The Morgan fingerprint density at radius 2 is 1.95 bits per heavy atom. The smallest absolute Gasteiger partial charge is 0.240 e. The molecule has 0 aliphatic carbocycles. The Hall–Kier alpha value is -0.980. The zero-order valence-corrected chi connectivity index (χ0v) is 12.3. The number of rotatable bonds is 6. The van der Waals surface area contributed by atoms with Gasteiger partial charge in [-0.1, -0.05) is 12.5 Å². The molecule has 1 N–H and O–H groups in total. The molecule has 20 heavy (non-hydrogen) atoms. The van der Waals surface area contributed by atoms with Gasteiger partial charge < -0.3 is 4.90 Å². The highest BCUT2D eigenvalue weighted by atomic mass is 32.2. The molecule has 1 fully saturated rings. The van der Waals surface area contributed by atoms with E-state index in [9.17, 15) is 12.8 Å². The van der Waals surface area contributed by atoms with E-state index in [1.165, 1.54) is 37.5 Å². The summed E-state index contributed by atoms with van der Waals surface area (Å²) in [6.07, 6.45) is 4.53. The molecular formula is C14H21FN2O2S. The van der Waals surface area contributed by atoms with Gasteiger partial charge in [0, 0.05) is 6.54 Å². The Labute approximate surface area is 120 Å². The Balaban J connectivity index is 1.78. The number of hydrogen-bond acceptors (Lipinski definition) is 3. The van der Waals surface area contributed by atoms with E-state index in [0.29, 0.717) is 6.54 Å². The fourth-order valence-corrected chi connectivity index (χ4v) is 3.51. The lowest BCUT2D eigenvalue weighted by Crippen LogP contribution is -2.33. The second-order valence-corrected chi connectivity index (χ2v) is 6.88. The summed E-state index contributed by atoms with van der Waals surface area (Å²) in [5.74, 6) is -0.541. The van der Waals surface area contributed by atoms with Gasteiger partial charge in [0.15, 0.2) is 0 Å². The van der Waals surface area contributed by atoms with Crippen LogP contribution in [0.2, 0.25) is 0 Å². The molecule has 6 heteroatoms. The van der Waals surface area contributed by atoms with Gasteiger partial charge in [-0.05, 0) is 57.1 Å². The molecule has 1 aromatic rings. The standard InChI is InChI=1S/C14H21FN2O2S/c15-13-6-4-7-14(12-13)20(18,19)16-8-5-11-17-9-2-1-3-10-17/h4,6-7,12,16H,1-3,5,8-11H2. The lowest BCUT2D eigenvalue weighted by molar-refractivity contribution is 0.227. The van der Waals surface area contributed by atoms with Gasteiger partial charge in [0.2, 0.25) is 10.0 Å². The minimum Gasteiger partial charge on any atom is -0.303 e. The van der Waals surface area contributed by atoms with Crippen LogP contribution in [0.1, 0.15) is 25.7 Å². The predicted molar refractivity (Wildman–Crippen MR) is 76.5 cm³/mol. The van der Waals surface area contributed by atoms with Crippen LogP contribution in [-0.4, -0.2) is 39.5 Å². The van der Waals surface area contributed by atoms with Crippen LogP contribution in [0.3, 0.4) is 0 Å². The number of benzene rings is 1. The van der Waals surface area contributed by atoms with Gasteiger partial charge in [0.05, 0.1) is 4.90 Å². The van der Waals surface area contributed by atoms with E-state index in [-0.39, 0.29) is 4.90 Å². The Bertz CT molecular complexity index is 528. The molecule has 1 aliphatic rings. The lowest BCUT2D eigenvalue weighted by atomic mass is 10.1. The number of sulfonamides is 1. The fourth-order valence-electron chi connectivity index (χ4n) is 2.41. The van der Waals surface area contributed by atoms with E-state index in [1.54, 1.807) is 0 Å². The molecule has 0 atom stereocenters. The first-order valence-corrected chi connectivity index (χ1v) is 8.54. The second-order valence-electron chi connectivity index (χ2n) is 5.11. The van der Waals surface area contributed by atoms with Crippen LogP contribution in [-0.2, 0) is 10.0 Å². The third-order valence-electron chi connectivity index (χ3n) is 3.50. The van der Waals surface area contributed by atoms with Gasteiger partial charge in [0.1, 0.15) is 5.82 Å². The third-order valence-corrected chi connectivity index (χ3v) is 4.96. The molecule has 0 spiro atoms. The maximum absolute atomic E-state index is 13.0. The summed E-state index contributed by atoms with van der Waals surface area (Å²) in [6, 6.07) is 5.07. The monoisotopic (exact) mass is 300 g/mol. The molecule has 0 unspecified atom stereocenters. The molecule has 0 aromatic heterocycles. The van der Waals surface area contributed by atoms with E-state index in [2.05, 4.69) is 9.62 Å². The summed E-state index contributed by atoms with van der Waals surface area (Å²) in [5, 5.41) is 0. The van der Waals surface area contributed by atoms with Crippen molar-refractivity contribution in [2.75, 3.05) is 26.2 Å². The first-order valence-electron chi connectivity index (χ1n) is 7.05.